The van der Waals surface area contributed by atoms with Crippen LogP contribution in [0.1, 0.15) is 24.4 Å². The first-order valence-corrected chi connectivity index (χ1v) is 6.14. The van der Waals surface area contributed by atoms with Gasteiger partial charge >= 0.3 is 0 Å². The highest BCUT2D eigenvalue weighted by Gasteiger charge is 2.12. The van der Waals surface area contributed by atoms with Crippen LogP contribution >= 0.6 is 0 Å². The molecule has 0 saturated heterocycles. The second kappa shape index (κ2) is 5.40. The number of halogens is 1. The van der Waals surface area contributed by atoms with Gasteiger partial charge in [-0.25, -0.2) is 9.37 Å². The Bertz CT molecular complexity index is 566. The van der Waals surface area contributed by atoms with E-state index in [-0.39, 0.29) is 5.82 Å². The van der Waals surface area contributed by atoms with Gasteiger partial charge in [0.2, 0.25) is 0 Å². The van der Waals surface area contributed by atoms with Gasteiger partial charge in [-0.05, 0) is 24.6 Å². The van der Waals surface area contributed by atoms with E-state index in [2.05, 4.69) is 4.98 Å². The zero-order valence-electron chi connectivity index (χ0n) is 11.3. The number of anilines is 1. The fourth-order valence-electron chi connectivity index (χ4n) is 1.94. The number of hydrogen-bond acceptors (Lipinski definition) is 3. The first kappa shape index (κ1) is 13.5. The SMILES string of the molecule is C[C@H](O)c1ccc(N(C)Cc2nccn2C)c(F)c1. The summed E-state index contributed by atoms with van der Waals surface area (Å²) < 4.78 is 15.9. The average Bonchev–Trinajstić information content (AvgIpc) is 2.74. The van der Waals surface area contributed by atoms with Crippen molar-refractivity contribution < 1.29 is 9.50 Å². The fraction of sp³-hybridized carbons (Fsp3) is 0.357. The third-order valence-electron chi connectivity index (χ3n) is 3.16. The molecule has 1 atom stereocenters. The monoisotopic (exact) mass is 263 g/mol. The largest absolute Gasteiger partial charge is 0.389 e. The van der Waals surface area contributed by atoms with Gasteiger partial charge in [-0.15, -0.1) is 0 Å². The van der Waals surface area contributed by atoms with Crippen molar-refractivity contribution in [1.29, 1.82) is 0 Å². The highest BCUT2D eigenvalue weighted by atomic mass is 19.1. The summed E-state index contributed by atoms with van der Waals surface area (Å²) in [6, 6.07) is 4.78. The molecule has 1 heterocycles. The van der Waals surface area contributed by atoms with E-state index in [0.717, 1.165) is 5.82 Å². The number of hydrogen-bond donors (Lipinski definition) is 1. The first-order valence-electron chi connectivity index (χ1n) is 6.14. The van der Waals surface area contributed by atoms with Crippen molar-refractivity contribution in [3.63, 3.8) is 0 Å². The zero-order valence-corrected chi connectivity index (χ0v) is 11.3. The average molecular weight is 263 g/mol. The van der Waals surface area contributed by atoms with Gasteiger partial charge in [0.15, 0.2) is 0 Å². The molecule has 0 bridgehead atoms. The Labute approximate surface area is 112 Å². The zero-order chi connectivity index (χ0) is 14.0. The van der Waals surface area contributed by atoms with Crippen LogP contribution in [0.3, 0.4) is 0 Å². The molecule has 0 aliphatic heterocycles. The summed E-state index contributed by atoms with van der Waals surface area (Å²) in [5.41, 5.74) is 1.07. The van der Waals surface area contributed by atoms with E-state index in [1.807, 2.05) is 24.9 Å². The summed E-state index contributed by atoms with van der Waals surface area (Å²) in [6.45, 7) is 2.14. The maximum atomic E-state index is 14.0. The van der Waals surface area contributed by atoms with Crippen LogP contribution in [0.5, 0.6) is 0 Å². The number of aliphatic hydroxyl groups excluding tert-OH is 1. The molecule has 1 aromatic heterocycles. The molecule has 0 aliphatic carbocycles. The van der Waals surface area contributed by atoms with Crippen LogP contribution in [0.2, 0.25) is 0 Å². The lowest BCUT2D eigenvalue weighted by Gasteiger charge is -2.20. The fourth-order valence-corrected chi connectivity index (χ4v) is 1.94. The van der Waals surface area contributed by atoms with Crippen molar-refractivity contribution in [2.24, 2.45) is 7.05 Å². The Hall–Kier alpha value is -1.88. The van der Waals surface area contributed by atoms with E-state index >= 15 is 0 Å². The van der Waals surface area contributed by atoms with Crippen LogP contribution in [0.15, 0.2) is 30.6 Å². The van der Waals surface area contributed by atoms with E-state index in [1.54, 1.807) is 30.2 Å². The van der Waals surface area contributed by atoms with E-state index in [4.69, 9.17) is 0 Å². The highest BCUT2D eigenvalue weighted by molar-refractivity contribution is 5.48. The first-order chi connectivity index (χ1) is 8.99. The van der Waals surface area contributed by atoms with Crippen molar-refractivity contribution in [1.82, 2.24) is 9.55 Å². The van der Waals surface area contributed by atoms with E-state index in [0.29, 0.717) is 17.8 Å². The Morgan fingerprint density at radius 1 is 1.47 bits per heavy atom. The molecule has 0 fully saturated rings. The summed E-state index contributed by atoms with van der Waals surface area (Å²) in [4.78, 5) is 6.01. The standard InChI is InChI=1S/C14H18FN3O/c1-10(19)11-4-5-13(12(15)8-11)18(3)9-14-16-6-7-17(14)2/h4-8,10,19H,9H2,1-3H3/t10-/m0/s1. The number of aliphatic hydroxyl groups is 1. The van der Waals surface area contributed by atoms with Crippen molar-refractivity contribution in [3.8, 4) is 0 Å². The lowest BCUT2D eigenvalue weighted by atomic mass is 10.1. The van der Waals surface area contributed by atoms with Crippen LogP contribution < -0.4 is 4.90 Å². The van der Waals surface area contributed by atoms with Crippen LogP contribution in [-0.4, -0.2) is 21.7 Å². The number of nitrogens with zero attached hydrogens (tertiary/aromatic N) is 3. The van der Waals surface area contributed by atoms with E-state index in [1.165, 1.54) is 6.07 Å². The number of aryl methyl sites for hydroxylation is 1. The maximum absolute atomic E-state index is 14.0. The number of rotatable bonds is 4. The summed E-state index contributed by atoms with van der Waals surface area (Å²) in [5.74, 6) is 0.525. The van der Waals surface area contributed by atoms with Crippen LogP contribution in [0.25, 0.3) is 0 Å². The predicted octanol–water partition coefficient (Wildman–Crippen LogP) is 2.25. The third kappa shape index (κ3) is 2.93. The highest BCUT2D eigenvalue weighted by Crippen LogP contribution is 2.23. The van der Waals surface area contributed by atoms with Gasteiger partial charge in [-0.3, -0.25) is 0 Å². The molecule has 0 unspecified atom stereocenters. The lowest BCUT2D eigenvalue weighted by molar-refractivity contribution is 0.199. The van der Waals surface area contributed by atoms with Crippen LogP contribution in [0, 0.1) is 5.82 Å². The second-order valence-electron chi connectivity index (χ2n) is 4.70. The normalized spacial score (nSPS) is 12.5. The number of aromatic nitrogens is 2. The Kier molecular flexibility index (Phi) is 3.85. The molecule has 0 aliphatic rings. The van der Waals surface area contributed by atoms with Crippen molar-refractivity contribution >= 4 is 5.69 Å². The smallest absolute Gasteiger partial charge is 0.146 e. The van der Waals surface area contributed by atoms with E-state index in [9.17, 15) is 9.50 Å². The lowest BCUT2D eigenvalue weighted by Crippen LogP contribution is -2.20. The van der Waals surface area contributed by atoms with Gasteiger partial charge in [-0.2, -0.15) is 0 Å². The van der Waals surface area contributed by atoms with Crippen LogP contribution in [-0.2, 0) is 13.6 Å². The molecule has 4 nitrogen and oxygen atoms in total. The molecule has 0 saturated carbocycles. The van der Waals surface area contributed by atoms with Gasteiger partial charge in [0.25, 0.3) is 0 Å². The predicted molar refractivity (Wildman–Crippen MR) is 72.3 cm³/mol. The quantitative estimate of drug-likeness (QED) is 0.920. The van der Waals surface area contributed by atoms with Crippen molar-refractivity contribution in [3.05, 3.63) is 47.8 Å². The topological polar surface area (TPSA) is 41.3 Å². The molecule has 0 amide bonds. The number of imidazole rings is 1. The minimum atomic E-state index is -0.664. The minimum absolute atomic E-state index is 0.338. The Morgan fingerprint density at radius 3 is 2.74 bits per heavy atom. The van der Waals surface area contributed by atoms with Gasteiger partial charge in [0, 0.05) is 26.5 Å². The molecule has 0 spiro atoms. The molecule has 1 N–H and O–H groups in total. The molecular weight excluding hydrogens is 245 g/mol. The van der Waals surface area contributed by atoms with Crippen molar-refractivity contribution in [2.75, 3.05) is 11.9 Å². The maximum Gasteiger partial charge on any atom is 0.146 e. The molecule has 102 valence electrons. The molecule has 1 aromatic carbocycles. The summed E-state index contributed by atoms with van der Waals surface area (Å²) in [6.07, 6.45) is 2.91. The van der Waals surface area contributed by atoms with Crippen LogP contribution in [0.4, 0.5) is 10.1 Å². The van der Waals surface area contributed by atoms with E-state index < -0.39 is 6.10 Å². The summed E-state index contributed by atoms with van der Waals surface area (Å²) in [7, 11) is 3.72. The van der Waals surface area contributed by atoms with Crippen molar-refractivity contribution in [2.45, 2.75) is 19.6 Å². The molecule has 5 heteroatoms. The summed E-state index contributed by atoms with van der Waals surface area (Å²) in [5, 5.41) is 9.43. The Balaban J connectivity index is 2.20. The molecule has 19 heavy (non-hydrogen) atoms. The Morgan fingerprint density at radius 2 is 2.21 bits per heavy atom. The molecule has 2 aromatic rings. The van der Waals surface area contributed by atoms with Gasteiger partial charge in [-0.1, -0.05) is 6.07 Å². The third-order valence-corrected chi connectivity index (χ3v) is 3.16. The summed E-state index contributed by atoms with van der Waals surface area (Å²) >= 11 is 0. The molecule has 2 rings (SSSR count). The molecular formula is C14H18FN3O. The molecule has 0 radical (unpaired) electrons. The van der Waals surface area contributed by atoms with Gasteiger partial charge in [0.05, 0.1) is 18.3 Å². The van der Waals surface area contributed by atoms with Gasteiger partial charge < -0.3 is 14.6 Å². The number of benzene rings is 1. The second-order valence-corrected chi connectivity index (χ2v) is 4.70. The minimum Gasteiger partial charge on any atom is -0.389 e. The van der Waals surface area contributed by atoms with Gasteiger partial charge in [0.1, 0.15) is 11.6 Å².